The van der Waals surface area contributed by atoms with E-state index in [-0.39, 0.29) is 18.2 Å². The van der Waals surface area contributed by atoms with Gasteiger partial charge in [-0.1, -0.05) is 15.9 Å². The highest BCUT2D eigenvalue weighted by Gasteiger charge is 2.24. The number of benzene rings is 1. The van der Waals surface area contributed by atoms with Crippen LogP contribution in [0.4, 0.5) is 5.69 Å². The Kier molecular flexibility index (Phi) is 4.95. The van der Waals surface area contributed by atoms with Gasteiger partial charge in [-0.25, -0.2) is 0 Å². The largest absolute Gasteiger partial charge is 0.460 e. The zero-order valence-electron chi connectivity index (χ0n) is 11.0. The monoisotopic (exact) mass is 345 g/mol. The number of nitrogens with zero attached hydrogens (tertiary/aromatic N) is 1. The summed E-state index contributed by atoms with van der Waals surface area (Å²) in [7, 11) is 0. The Morgan fingerprint density at radius 2 is 2.25 bits per heavy atom. The molecule has 1 fully saturated rings. The number of aliphatic hydroxyl groups excluding tert-OH is 1. The predicted molar refractivity (Wildman–Crippen MR) is 75.6 cm³/mol. The maximum Gasteiger partial charge on any atom is 0.312 e. The van der Waals surface area contributed by atoms with E-state index in [0.29, 0.717) is 22.6 Å². The van der Waals surface area contributed by atoms with Crippen molar-refractivity contribution in [2.45, 2.75) is 25.9 Å². The number of aliphatic hydroxyl groups is 1. The van der Waals surface area contributed by atoms with Crippen LogP contribution in [-0.4, -0.2) is 23.4 Å². The van der Waals surface area contributed by atoms with Gasteiger partial charge in [0.2, 0.25) is 5.75 Å². The zero-order valence-corrected chi connectivity index (χ0v) is 12.6. The first kappa shape index (κ1) is 15.2. The molecule has 0 aromatic heterocycles. The quantitative estimate of drug-likeness (QED) is 0.355. The molecule has 1 N–H and O–H groups in total. The number of hydrogen-bond donors (Lipinski definition) is 1. The number of halogens is 1. The van der Waals surface area contributed by atoms with Crippen molar-refractivity contribution in [3.8, 4) is 5.75 Å². The lowest BCUT2D eigenvalue weighted by atomic mass is 10.1. The second-order valence-electron chi connectivity index (χ2n) is 4.85. The van der Waals surface area contributed by atoms with Crippen molar-refractivity contribution in [3.63, 3.8) is 0 Å². The van der Waals surface area contributed by atoms with E-state index < -0.39 is 11.0 Å². The van der Waals surface area contributed by atoms with E-state index >= 15 is 0 Å². The minimum absolute atomic E-state index is 0.0569. The first-order chi connectivity index (χ1) is 9.49. The van der Waals surface area contributed by atoms with Crippen LogP contribution in [0.25, 0.3) is 0 Å². The summed E-state index contributed by atoms with van der Waals surface area (Å²) in [5.74, 6) is 0.652. The summed E-state index contributed by atoms with van der Waals surface area (Å²) in [6, 6.07) is 2.95. The summed E-state index contributed by atoms with van der Waals surface area (Å²) in [6.45, 7) is 2.08. The molecule has 1 unspecified atom stereocenters. The molecule has 1 aliphatic carbocycles. The van der Waals surface area contributed by atoms with Gasteiger partial charge >= 0.3 is 5.69 Å². The second kappa shape index (κ2) is 6.51. The number of nitro benzene ring substituents is 1. The third-order valence-electron chi connectivity index (χ3n) is 3.05. The number of ether oxygens (including phenoxy) is 2. The maximum atomic E-state index is 11.1. The van der Waals surface area contributed by atoms with Gasteiger partial charge in [0.1, 0.15) is 0 Å². The third-order valence-corrected chi connectivity index (χ3v) is 3.50. The molecule has 0 amide bonds. The fraction of sp³-hybridized carbons (Fsp3) is 0.538. The molecule has 0 bridgehead atoms. The summed E-state index contributed by atoms with van der Waals surface area (Å²) in [5.41, 5.74) is 0.173. The van der Waals surface area contributed by atoms with Crippen LogP contribution in [0.15, 0.2) is 16.6 Å². The summed E-state index contributed by atoms with van der Waals surface area (Å²) in [6.07, 6.45) is 1.46. The van der Waals surface area contributed by atoms with Gasteiger partial charge in [-0.3, -0.25) is 10.1 Å². The first-order valence-corrected chi connectivity index (χ1v) is 7.14. The molecular formula is C13H16BrNO5. The Morgan fingerprint density at radius 1 is 1.55 bits per heavy atom. The van der Waals surface area contributed by atoms with Crippen LogP contribution in [0, 0.1) is 16.0 Å². The summed E-state index contributed by atoms with van der Waals surface area (Å²) >= 11 is 3.19. The number of rotatable bonds is 7. The van der Waals surface area contributed by atoms with Crippen LogP contribution in [-0.2, 0) is 4.74 Å². The van der Waals surface area contributed by atoms with Crippen molar-refractivity contribution in [2.24, 2.45) is 5.92 Å². The van der Waals surface area contributed by atoms with Gasteiger partial charge in [0.15, 0.2) is 6.79 Å². The molecule has 0 aliphatic heterocycles. The summed E-state index contributed by atoms with van der Waals surface area (Å²) in [5, 5.41) is 20.8. The standard InChI is InChI=1S/C13H16BrNO5/c1-8(16)11-4-10(14)5-12(15(17)18)13(11)20-7-19-6-9-2-3-9/h4-5,8-9,16H,2-3,6-7H2,1H3. The van der Waals surface area contributed by atoms with E-state index in [9.17, 15) is 15.2 Å². The molecular weight excluding hydrogens is 330 g/mol. The fourth-order valence-electron chi connectivity index (χ4n) is 1.80. The maximum absolute atomic E-state index is 11.1. The van der Waals surface area contributed by atoms with Crippen molar-refractivity contribution in [1.82, 2.24) is 0 Å². The minimum atomic E-state index is -0.871. The van der Waals surface area contributed by atoms with Gasteiger partial charge in [-0.05, 0) is 31.7 Å². The second-order valence-corrected chi connectivity index (χ2v) is 5.77. The van der Waals surface area contributed by atoms with Gasteiger partial charge in [0.05, 0.1) is 17.6 Å². The third kappa shape index (κ3) is 3.91. The molecule has 7 heteroatoms. The summed E-state index contributed by atoms with van der Waals surface area (Å²) < 4.78 is 11.2. The highest BCUT2D eigenvalue weighted by molar-refractivity contribution is 9.10. The Bertz CT molecular complexity index is 502. The SMILES string of the molecule is CC(O)c1cc(Br)cc([N+](=O)[O-])c1OCOCC1CC1. The van der Waals surface area contributed by atoms with Crippen molar-refractivity contribution in [2.75, 3.05) is 13.4 Å². The van der Waals surface area contributed by atoms with E-state index in [2.05, 4.69) is 15.9 Å². The molecule has 20 heavy (non-hydrogen) atoms. The molecule has 0 spiro atoms. The van der Waals surface area contributed by atoms with E-state index in [1.54, 1.807) is 6.07 Å². The molecule has 1 atom stereocenters. The highest BCUT2D eigenvalue weighted by atomic mass is 79.9. The van der Waals surface area contributed by atoms with Gasteiger partial charge in [0, 0.05) is 16.1 Å². The molecule has 0 heterocycles. The van der Waals surface area contributed by atoms with Crippen LogP contribution in [0.1, 0.15) is 31.4 Å². The molecule has 2 rings (SSSR count). The van der Waals surface area contributed by atoms with Crippen LogP contribution in [0.5, 0.6) is 5.75 Å². The average molecular weight is 346 g/mol. The van der Waals surface area contributed by atoms with Crippen LogP contribution in [0.2, 0.25) is 0 Å². The topological polar surface area (TPSA) is 81.8 Å². The van der Waals surface area contributed by atoms with Crippen LogP contribution >= 0.6 is 15.9 Å². The fourth-order valence-corrected chi connectivity index (χ4v) is 2.27. The molecule has 1 aromatic rings. The van der Waals surface area contributed by atoms with Crippen LogP contribution in [0.3, 0.4) is 0 Å². The molecule has 0 saturated heterocycles. The Morgan fingerprint density at radius 3 is 2.80 bits per heavy atom. The Balaban J connectivity index is 2.15. The lowest BCUT2D eigenvalue weighted by Gasteiger charge is -2.14. The molecule has 0 radical (unpaired) electrons. The lowest BCUT2D eigenvalue weighted by Crippen LogP contribution is -2.09. The highest BCUT2D eigenvalue weighted by Crippen LogP contribution is 2.38. The predicted octanol–water partition coefficient (Wildman–Crippen LogP) is 3.17. The van der Waals surface area contributed by atoms with E-state index in [4.69, 9.17) is 9.47 Å². The normalized spacial score (nSPS) is 15.9. The molecule has 1 aliphatic rings. The van der Waals surface area contributed by atoms with Crippen molar-refractivity contribution < 1.29 is 19.5 Å². The van der Waals surface area contributed by atoms with Crippen molar-refractivity contribution in [1.29, 1.82) is 0 Å². The average Bonchev–Trinajstić information content (AvgIpc) is 3.18. The van der Waals surface area contributed by atoms with E-state index in [1.807, 2.05) is 0 Å². The smallest absolute Gasteiger partial charge is 0.312 e. The lowest BCUT2D eigenvalue weighted by molar-refractivity contribution is -0.386. The number of nitro groups is 1. The van der Waals surface area contributed by atoms with Gasteiger partial charge in [-0.15, -0.1) is 0 Å². The van der Waals surface area contributed by atoms with Gasteiger partial charge in [-0.2, -0.15) is 0 Å². The zero-order chi connectivity index (χ0) is 14.7. The Hall–Kier alpha value is -1.18. The molecule has 6 nitrogen and oxygen atoms in total. The Labute approximate surface area is 125 Å². The number of hydrogen-bond acceptors (Lipinski definition) is 5. The summed E-state index contributed by atoms with van der Waals surface area (Å²) in [4.78, 5) is 10.5. The van der Waals surface area contributed by atoms with Crippen LogP contribution < -0.4 is 4.74 Å². The van der Waals surface area contributed by atoms with Crippen molar-refractivity contribution in [3.05, 3.63) is 32.3 Å². The first-order valence-electron chi connectivity index (χ1n) is 6.35. The van der Waals surface area contributed by atoms with Crippen molar-refractivity contribution >= 4 is 21.6 Å². The molecule has 1 saturated carbocycles. The minimum Gasteiger partial charge on any atom is -0.460 e. The molecule has 110 valence electrons. The van der Waals surface area contributed by atoms with E-state index in [1.165, 1.54) is 13.0 Å². The molecule has 1 aromatic carbocycles. The van der Waals surface area contributed by atoms with Gasteiger partial charge < -0.3 is 14.6 Å². The van der Waals surface area contributed by atoms with E-state index in [0.717, 1.165) is 12.8 Å². The van der Waals surface area contributed by atoms with Gasteiger partial charge in [0.25, 0.3) is 0 Å².